The molecule has 0 radical (unpaired) electrons. The molecule has 1 aliphatic rings. The van der Waals surface area contributed by atoms with Crippen LogP contribution in [0.4, 0.5) is 0 Å². The summed E-state index contributed by atoms with van der Waals surface area (Å²) in [6, 6.07) is 9.43. The lowest BCUT2D eigenvalue weighted by Crippen LogP contribution is -2.53. The molecule has 1 aromatic carbocycles. The highest BCUT2D eigenvalue weighted by Crippen LogP contribution is 2.10. The Morgan fingerprint density at radius 1 is 1.42 bits per heavy atom. The van der Waals surface area contributed by atoms with E-state index < -0.39 is 0 Å². The van der Waals surface area contributed by atoms with Crippen LogP contribution in [0.15, 0.2) is 29.3 Å². The maximum absolute atomic E-state index is 5.53. The molecule has 5 heteroatoms. The Kier molecular flexibility index (Phi) is 7.53. The Morgan fingerprint density at radius 3 is 2.96 bits per heavy atom. The molecule has 0 saturated carbocycles. The van der Waals surface area contributed by atoms with Crippen LogP contribution in [0.2, 0.25) is 0 Å². The molecule has 0 aliphatic carbocycles. The molecule has 2 unspecified atom stereocenters. The van der Waals surface area contributed by atoms with Crippen LogP contribution in [-0.4, -0.2) is 55.8 Å². The van der Waals surface area contributed by atoms with E-state index in [0.717, 1.165) is 38.8 Å². The zero-order chi connectivity index (χ0) is 17.4. The Bertz CT molecular complexity index is 532. The van der Waals surface area contributed by atoms with Gasteiger partial charge in [0.15, 0.2) is 5.96 Å². The molecular weight excluding hydrogens is 300 g/mol. The zero-order valence-electron chi connectivity index (χ0n) is 15.5. The van der Waals surface area contributed by atoms with Gasteiger partial charge in [0.1, 0.15) is 0 Å². The van der Waals surface area contributed by atoms with Crippen molar-refractivity contribution < 1.29 is 4.74 Å². The highest BCUT2D eigenvalue weighted by molar-refractivity contribution is 5.79. The summed E-state index contributed by atoms with van der Waals surface area (Å²) in [6.07, 6.45) is 0. The van der Waals surface area contributed by atoms with Crippen LogP contribution in [0, 0.1) is 6.92 Å². The van der Waals surface area contributed by atoms with E-state index in [1.807, 2.05) is 0 Å². The maximum atomic E-state index is 5.53. The Balaban J connectivity index is 1.89. The lowest BCUT2D eigenvalue weighted by atomic mass is 10.1. The van der Waals surface area contributed by atoms with Crippen molar-refractivity contribution >= 4 is 5.96 Å². The minimum Gasteiger partial charge on any atom is -0.379 e. The fourth-order valence-electron chi connectivity index (χ4n) is 3.08. The molecule has 1 aromatic rings. The van der Waals surface area contributed by atoms with Gasteiger partial charge in [-0.15, -0.1) is 0 Å². The number of nitrogens with zero attached hydrogens (tertiary/aromatic N) is 2. The van der Waals surface area contributed by atoms with E-state index >= 15 is 0 Å². The molecule has 24 heavy (non-hydrogen) atoms. The molecule has 0 spiro atoms. The van der Waals surface area contributed by atoms with Crippen molar-refractivity contribution in [2.75, 3.05) is 32.8 Å². The second kappa shape index (κ2) is 9.64. The van der Waals surface area contributed by atoms with E-state index in [0.29, 0.717) is 18.6 Å². The monoisotopic (exact) mass is 332 g/mol. The smallest absolute Gasteiger partial charge is 0.191 e. The molecule has 5 nitrogen and oxygen atoms in total. The van der Waals surface area contributed by atoms with Crippen molar-refractivity contribution in [3.05, 3.63) is 35.4 Å². The highest BCUT2D eigenvalue weighted by Gasteiger charge is 2.23. The lowest BCUT2D eigenvalue weighted by Gasteiger charge is -2.38. The SMILES string of the molecule is CCNC(=NCc1cccc(C)c1)NCC(C)N1CCOCC1C. The molecule has 2 rings (SSSR count). The highest BCUT2D eigenvalue weighted by atomic mass is 16.5. The van der Waals surface area contributed by atoms with Crippen LogP contribution in [0.5, 0.6) is 0 Å². The van der Waals surface area contributed by atoms with Gasteiger partial charge in [-0.3, -0.25) is 4.90 Å². The van der Waals surface area contributed by atoms with Crippen molar-refractivity contribution in [1.82, 2.24) is 15.5 Å². The average molecular weight is 332 g/mol. The molecule has 1 heterocycles. The number of hydrogen-bond donors (Lipinski definition) is 2. The summed E-state index contributed by atoms with van der Waals surface area (Å²) in [7, 11) is 0. The third-order valence-electron chi connectivity index (χ3n) is 4.40. The molecule has 1 fully saturated rings. The molecule has 0 bridgehead atoms. The van der Waals surface area contributed by atoms with Gasteiger partial charge >= 0.3 is 0 Å². The number of ether oxygens (including phenoxy) is 1. The summed E-state index contributed by atoms with van der Waals surface area (Å²) in [6.45, 7) is 13.8. The third-order valence-corrected chi connectivity index (χ3v) is 4.40. The quantitative estimate of drug-likeness (QED) is 0.619. The number of aliphatic imine (C=N–C) groups is 1. The predicted octanol–water partition coefficient (Wildman–Crippen LogP) is 2.16. The Labute approximate surface area is 146 Å². The number of morpholine rings is 1. The van der Waals surface area contributed by atoms with Crippen molar-refractivity contribution in [3.63, 3.8) is 0 Å². The predicted molar refractivity (Wildman–Crippen MR) is 100 cm³/mol. The molecular formula is C19H32N4O. The van der Waals surface area contributed by atoms with Crippen LogP contribution in [0.25, 0.3) is 0 Å². The van der Waals surface area contributed by atoms with E-state index in [2.05, 4.69) is 67.5 Å². The third kappa shape index (κ3) is 5.80. The molecule has 2 N–H and O–H groups in total. The van der Waals surface area contributed by atoms with Gasteiger partial charge in [-0.2, -0.15) is 0 Å². The second-order valence-corrected chi connectivity index (χ2v) is 6.58. The van der Waals surface area contributed by atoms with Gasteiger partial charge < -0.3 is 15.4 Å². The summed E-state index contributed by atoms with van der Waals surface area (Å²) < 4.78 is 5.53. The molecule has 0 amide bonds. The summed E-state index contributed by atoms with van der Waals surface area (Å²) in [4.78, 5) is 7.21. The van der Waals surface area contributed by atoms with Gasteiger partial charge in [0.25, 0.3) is 0 Å². The standard InChI is InChI=1S/C19H32N4O/c1-5-20-19(22-13-18-8-6-7-15(2)11-18)21-12-16(3)23-9-10-24-14-17(23)4/h6-8,11,16-17H,5,9-10,12-14H2,1-4H3,(H2,20,21,22). The summed E-state index contributed by atoms with van der Waals surface area (Å²) in [5, 5.41) is 6.81. The molecule has 2 atom stereocenters. The first-order valence-corrected chi connectivity index (χ1v) is 9.01. The van der Waals surface area contributed by atoms with Gasteiger partial charge in [0, 0.05) is 31.7 Å². The van der Waals surface area contributed by atoms with Crippen molar-refractivity contribution in [3.8, 4) is 0 Å². The van der Waals surface area contributed by atoms with E-state index in [1.54, 1.807) is 0 Å². The molecule has 134 valence electrons. The van der Waals surface area contributed by atoms with Crippen LogP contribution >= 0.6 is 0 Å². The summed E-state index contributed by atoms with van der Waals surface area (Å²) >= 11 is 0. The van der Waals surface area contributed by atoms with E-state index in [4.69, 9.17) is 9.73 Å². The van der Waals surface area contributed by atoms with Crippen LogP contribution in [0.1, 0.15) is 31.9 Å². The minimum absolute atomic E-state index is 0.451. The summed E-state index contributed by atoms with van der Waals surface area (Å²) in [5.41, 5.74) is 2.51. The number of nitrogens with one attached hydrogen (secondary N) is 2. The zero-order valence-corrected chi connectivity index (χ0v) is 15.5. The van der Waals surface area contributed by atoms with Crippen molar-refractivity contribution in [1.29, 1.82) is 0 Å². The topological polar surface area (TPSA) is 48.9 Å². The number of benzene rings is 1. The minimum atomic E-state index is 0.451. The van der Waals surface area contributed by atoms with Crippen molar-refractivity contribution in [2.45, 2.75) is 46.3 Å². The van der Waals surface area contributed by atoms with Crippen LogP contribution in [-0.2, 0) is 11.3 Å². The van der Waals surface area contributed by atoms with Crippen LogP contribution < -0.4 is 10.6 Å². The van der Waals surface area contributed by atoms with E-state index in [1.165, 1.54) is 11.1 Å². The number of guanidine groups is 1. The van der Waals surface area contributed by atoms with Gasteiger partial charge in [-0.1, -0.05) is 29.8 Å². The van der Waals surface area contributed by atoms with Crippen LogP contribution in [0.3, 0.4) is 0 Å². The first-order chi connectivity index (χ1) is 11.6. The van der Waals surface area contributed by atoms with Gasteiger partial charge in [-0.25, -0.2) is 4.99 Å². The second-order valence-electron chi connectivity index (χ2n) is 6.58. The molecule has 1 saturated heterocycles. The molecule has 1 aliphatic heterocycles. The lowest BCUT2D eigenvalue weighted by molar-refractivity contribution is -0.0174. The first-order valence-electron chi connectivity index (χ1n) is 9.01. The largest absolute Gasteiger partial charge is 0.379 e. The fourth-order valence-corrected chi connectivity index (χ4v) is 3.08. The molecule has 0 aromatic heterocycles. The average Bonchev–Trinajstić information content (AvgIpc) is 2.57. The van der Waals surface area contributed by atoms with E-state index in [-0.39, 0.29) is 0 Å². The number of aryl methyl sites for hydroxylation is 1. The first kappa shape index (κ1) is 18.7. The fraction of sp³-hybridized carbons (Fsp3) is 0.632. The normalized spacial score (nSPS) is 20.7. The Hall–Kier alpha value is -1.59. The van der Waals surface area contributed by atoms with Gasteiger partial charge in [0.05, 0.1) is 19.8 Å². The number of hydrogen-bond acceptors (Lipinski definition) is 3. The summed E-state index contributed by atoms with van der Waals surface area (Å²) in [5.74, 6) is 0.881. The maximum Gasteiger partial charge on any atom is 0.191 e. The van der Waals surface area contributed by atoms with Gasteiger partial charge in [-0.05, 0) is 33.3 Å². The van der Waals surface area contributed by atoms with Gasteiger partial charge in [0.2, 0.25) is 0 Å². The number of rotatable bonds is 6. The van der Waals surface area contributed by atoms with E-state index in [9.17, 15) is 0 Å². The van der Waals surface area contributed by atoms with Crippen molar-refractivity contribution in [2.24, 2.45) is 4.99 Å². The Morgan fingerprint density at radius 2 is 2.25 bits per heavy atom.